The van der Waals surface area contributed by atoms with Crippen LogP contribution in [0.1, 0.15) is 73.1 Å². The number of hydrogen-bond donors (Lipinski definition) is 2. The molecule has 0 spiro atoms. The summed E-state index contributed by atoms with van der Waals surface area (Å²) < 4.78 is 0. The van der Waals surface area contributed by atoms with E-state index in [-0.39, 0.29) is 24.0 Å². The van der Waals surface area contributed by atoms with Crippen LogP contribution in [0.2, 0.25) is 0 Å². The summed E-state index contributed by atoms with van der Waals surface area (Å²) in [5, 5.41) is 13.1. The Bertz CT molecular complexity index is 410. The van der Waals surface area contributed by atoms with Crippen LogP contribution in [0.25, 0.3) is 0 Å². The lowest BCUT2D eigenvalue weighted by Crippen LogP contribution is -2.37. The number of amides is 1. The van der Waals surface area contributed by atoms with Gasteiger partial charge >= 0.3 is 0 Å². The molecule has 4 heteroatoms. The van der Waals surface area contributed by atoms with Crippen molar-refractivity contribution in [2.45, 2.75) is 79.2 Å². The van der Waals surface area contributed by atoms with Crippen molar-refractivity contribution < 1.29 is 14.7 Å². The van der Waals surface area contributed by atoms with Gasteiger partial charge in [-0.25, -0.2) is 0 Å². The molecule has 0 saturated carbocycles. The van der Waals surface area contributed by atoms with Crippen LogP contribution in [-0.2, 0) is 9.59 Å². The molecule has 1 amide bonds. The maximum absolute atomic E-state index is 12.7. The number of rotatable bonds is 0. The summed E-state index contributed by atoms with van der Waals surface area (Å²) in [5.41, 5.74) is 0. The normalized spacial score (nSPS) is 38.6. The fourth-order valence-corrected chi connectivity index (χ4v) is 3.67. The minimum Gasteiger partial charge on any atom is -0.392 e. The second-order valence-electron chi connectivity index (χ2n) is 8.12. The van der Waals surface area contributed by atoms with E-state index >= 15 is 0 Å². The van der Waals surface area contributed by atoms with E-state index in [1.807, 2.05) is 6.92 Å². The molecule has 1 saturated heterocycles. The lowest BCUT2D eigenvalue weighted by molar-refractivity contribution is -0.133. The average molecular weight is 340 g/mol. The maximum Gasteiger partial charge on any atom is 0.222 e. The lowest BCUT2D eigenvalue weighted by atomic mass is 9.76. The Labute approximate surface area is 147 Å². The van der Waals surface area contributed by atoms with E-state index in [0.29, 0.717) is 24.3 Å². The number of aliphatic hydroxyl groups is 1. The summed E-state index contributed by atoms with van der Waals surface area (Å²) in [4.78, 5) is 24.6. The van der Waals surface area contributed by atoms with Crippen LogP contribution in [0.4, 0.5) is 0 Å². The highest BCUT2D eigenvalue weighted by Crippen LogP contribution is 2.29. The van der Waals surface area contributed by atoms with Crippen molar-refractivity contribution in [1.29, 1.82) is 0 Å². The number of carbonyl (C=O) groups is 2. The molecule has 6 atom stereocenters. The Kier molecular flexibility index (Phi) is 8.96. The van der Waals surface area contributed by atoms with Crippen LogP contribution >= 0.6 is 0 Å². The minimum absolute atomic E-state index is 0.0130. The fraction of sp³-hybridized carbons (Fsp3) is 0.900. The third-order valence-corrected chi connectivity index (χ3v) is 6.11. The second kappa shape index (κ2) is 10.2. The van der Waals surface area contributed by atoms with Gasteiger partial charge in [0.15, 0.2) is 0 Å². The quantitative estimate of drug-likeness (QED) is 0.709. The molecule has 0 aromatic rings. The predicted octanol–water partition coefficient (Wildman–Crippen LogP) is 3.57. The third-order valence-electron chi connectivity index (χ3n) is 6.11. The van der Waals surface area contributed by atoms with Gasteiger partial charge in [0.05, 0.1) is 12.5 Å². The first-order valence-corrected chi connectivity index (χ1v) is 9.72. The molecule has 0 aliphatic carbocycles. The molecule has 1 heterocycles. The summed E-state index contributed by atoms with van der Waals surface area (Å²) in [5.74, 6) is 0.806. The molecule has 0 aromatic carbocycles. The Morgan fingerprint density at radius 3 is 2.21 bits per heavy atom. The third kappa shape index (κ3) is 6.54. The summed E-state index contributed by atoms with van der Waals surface area (Å²) in [6.07, 6.45) is 4.77. The first-order valence-electron chi connectivity index (χ1n) is 9.72. The molecule has 2 N–H and O–H groups in total. The van der Waals surface area contributed by atoms with Gasteiger partial charge in [0.25, 0.3) is 0 Å². The summed E-state index contributed by atoms with van der Waals surface area (Å²) in [7, 11) is 0. The van der Waals surface area contributed by atoms with E-state index < -0.39 is 12.0 Å². The van der Waals surface area contributed by atoms with Gasteiger partial charge in [0.1, 0.15) is 5.78 Å². The molecular weight excluding hydrogens is 302 g/mol. The Hall–Kier alpha value is -0.900. The molecule has 1 fully saturated rings. The van der Waals surface area contributed by atoms with E-state index in [9.17, 15) is 14.7 Å². The van der Waals surface area contributed by atoms with Gasteiger partial charge in [-0.05, 0) is 30.6 Å². The van der Waals surface area contributed by atoms with Gasteiger partial charge in [-0.15, -0.1) is 0 Å². The topological polar surface area (TPSA) is 66.4 Å². The van der Waals surface area contributed by atoms with E-state index in [1.54, 1.807) is 6.92 Å². The summed E-state index contributed by atoms with van der Waals surface area (Å²) in [6.45, 7) is 11.0. The van der Waals surface area contributed by atoms with Gasteiger partial charge in [0.2, 0.25) is 5.91 Å². The Morgan fingerprint density at radius 1 is 0.917 bits per heavy atom. The Morgan fingerprint density at radius 2 is 1.54 bits per heavy atom. The first-order chi connectivity index (χ1) is 11.2. The van der Waals surface area contributed by atoms with Crippen molar-refractivity contribution in [3.63, 3.8) is 0 Å². The molecule has 5 unspecified atom stereocenters. The van der Waals surface area contributed by atoms with Gasteiger partial charge in [-0.1, -0.05) is 53.9 Å². The average Bonchev–Trinajstić information content (AvgIpc) is 2.54. The van der Waals surface area contributed by atoms with Gasteiger partial charge in [-0.3, -0.25) is 9.59 Å². The first kappa shape index (κ1) is 21.1. The van der Waals surface area contributed by atoms with Crippen molar-refractivity contribution in [3.05, 3.63) is 0 Å². The lowest BCUT2D eigenvalue weighted by Gasteiger charge is -2.29. The highest BCUT2D eigenvalue weighted by molar-refractivity contribution is 5.85. The van der Waals surface area contributed by atoms with Crippen molar-refractivity contribution in [3.8, 4) is 0 Å². The van der Waals surface area contributed by atoms with Crippen LogP contribution in [0.5, 0.6) is 0 Å². The number of aliphatic hydroxyl groups excluding tert-OH is 1. The zero-order valence-electron chi connectivity index (χ0n) is 16.2. The fourth-order valence-electron chi connectivity index (χ4n) is 3.67. The van der Waals surface area contributed by atoms with Gasteiger partial charge < -0.3 is 10.4 Å². The molecule has 140 valence electrons. The van der Waals surface area contributed by atoms with Crippen LogP contribution in [0.15, 0.2) is 0 Å². The zero-order chi connectivity index (χ0) is 18.3. The van der Waals surface area contributed by atoms with Crippen LogP contribution < -0.4 is 5.32 Å². The molecule has 1 rings (SSSR count). The SMILES string of the molecule is CC1CCCNC(=O)CC(O)C(C)C(=O)C(C)[C@@H](C)C(C)CCC1. The van der Waals surface area contributed by atoms with Gasteiger partial charge in [0, 0.05) is 18.4 Å². The number of carbonyl (C=O) groups excluding carboxylic acids is 2. The van der Waals surface area contributed by atoms with E-state index in [0.717, 1.165) is 19.3 Å². The van der Waals surface area contributed by atoms with Crippen LogP contribution in [0, 0.1) is 29.6 Å². The molecule has 1 aliphatic rings. The van der Waals surface area contributed by atoms with E-state index in [4.69, 9.17) is 0 Å². The monoisotopic (exact) mass is 339 g/mol. The van der Waals surface area contributed by atoms with E-state index in [1.165, 1.54) is 12.8 Å². The molecule has 4 nitrogen and oxygen atoms in total. The number of ketones is 1. The number of Topliss-reactive ketones (excluding diaryl/α,β-unsaturated/α-hetero) is 1. The van der Waals surface area contributed by atoms with Crippen molar-refractivity contribution in [2.75, 3.05) is 6.54 Å². The summed E-state index contributed by atoms with van der Waals surface area (Å²) in [6, 6.07) is 0. The van der Waals surface area contributed by atoms with Gasteiger partial charge in [-0.2, -0.15) is 0 Å². The number of hydrogen-bond acceptors (Lipinski definition) is 3. The molecule has 24 heavy (non-hydrogen) atoms. The van der Waals surface area contributed by atoms with Crippen molar-refractivity contribution in [1.82, 2.24) is 5.32 Å². The second-order valence-corrected chi connectivity index (χ2v) is 8.12. The Balaban J connectivity index is 2.79. The van der Waals surface area contributed by atoms with Crippen molar-refractivity contribution in [2.24, 2.45) is 29.6 Å². The number of nitrogens with one attached hydrogen (secondary N) is 1. The van der Waals surface area contributed by atoms with Crippen molar-refractivity contribution >= 4 is 11.7 Å². The maximum atomic E-state index is 12.7. The predicted molar refractivity (Wildman–Crippen MR) is 97.5 cm³/mol. The highest BCUT2D eigenvalue weighted by atomic mass is 16.3. The zero-order valence-corrected chi connectivity index (χ0v) is 16.2. The minimum atomic E-state index is -0.894. The van der Waals surface area contributed by atoms with Crippen LogP contribution in [-0.4, -0.2) is 29.4 Å². The standard InChI is InChI=1S/C20H37NO3/c1-13-8-6-10-14(2)15(3)16(4)20(24)17(5)18(22)12-19(23)21-11-7-9-13/h13-18,22H,6-12H2,1-5H3,(H,21,23)/t13?,14?,15-,16?,17?,18?/m0/s1. The largest absolute Gasteiger partial charge is 0.392 e. The summed E-state index contributed by atoms with van der Waals surface area (Å²) >= 11 is 0. The van der Waals surface area contributed by atoms with E-state index in [2.05, 4.69) is 26.1 Å². The smallest absolute Gasteiger partial charge is 0.222 e. The molecule has 0 bridgehead atoms. The molecule has 0 aromatic heterocycles. The molecule has 0 radical (unpaired) electrons. The molecular formula is C20H37NO3. The molecule has 1 aliphatic heterocycles. The highest BCUT2D eigenvalue weighted by Gasteiger charge is 2.32. The van der Waals surface area contributed by atoms with Crippen LogP contribution in [0.3, 0.4) is 0 Å².